The third-order valence-electron chi connectivity index (χ3n) is 4.01. The summed E-state index contributed by atoms with van der Waals surface area (Å²) in [5.74, 6) is 0.263. The van der Waals surface area contributed by atoms with Crippen LogP contribution in [-0.2, 0) is 13.6 Å². The van der Waals surface area contributed by atoms with Gasteiger partial charge in [0.05, 0.1) is 7.11 Å². The van der Waals surface area contributed by atoms with E-state index < -0.39 is 7.60 Å². The molecular weight excluding hydrogens is 327 g/mol. The van der Waals surface area contributed by atoms with E-state index in [9.17, 15) is 9.36 Å². The van der Waals surface area contributed by atoms with Crippen molar-refractivity contribution >= 4 is 19.0 Å². The summed E-state index contributed by atoms with van der Waals surface area (Å²) in [6.07, 6.45) is 0. The van der Waals surface area contributed by atoms with Crippen molar-refractivity contribution in [3.8, 4) is 5.75 Å². The van der Waals surface area contributed by atoms with E-state index >= 15 is 0 Å². The second-order valence-electron chi connectivity index (χ2n) is 5.19. The first-order valence-corrected chi connectivity index (χ1v) is 8.85. The molecule has 0 spiro atoms. The Morgan fingerprint density at radius 2 is 1.54 bits per heavy atom. The molecule has 0 aliphatic heterocycles. The van der Waals surface area contributed by atoms with Gasteiger partial charge in [0.2, 0.25) is 5.78 Å². The van der Waals surface area contributed by atoms with Crippen LogP contribution in [0.5, 0.6) is 5.75 Å². The van der Waals surface area contributed by atoms with Crippen LogP contribution in [0.3, 0.4) is 0 Å². The smallest absolute Gasteiger partial charge is 0.365 e. The number of methoxy groups -OCH3 is 1. The topological polar surface area (TPSA) is 61.8 Å². The van der Waals surface area contributed by atoms with Crippen LogP contribution in [0.2, 0.25) is 0 Å². The predicted octanol–water partition coefficient (Wildman–Crippen LogP) is 4.14. The Morgan fingerprint density at radius 1 is 0.875 bits per heavy atom. The maximum atomic E-state index is 13.0. The molecule has 0 saturated heterocycles. The highest BCUT2D eigenvalue weighted by Gasteiger charge is 2.43. The van der Waals surface area contributed by atoms with Gasteiger partial charge in [0.1, 0.15) is 11.1 Å². The molecule has 6 heteroatoms. The number of hydrogen-bond donors (Lipinski definition) is 0. The van der Waals surface area contributed by atoms with Crippen LogP contribution in [0, 0.1) is 0 Å². The summed E-state index contributed by atoms with van der Waals surface area (Å²) in [6.45, 7) is 0. The Balaban J connectivity index is 2.36. The third kappa shape index (κ3) is 2.51. The van der Waals surface area contributed by atoms with Gasteiger partial charge < -0.3 is 13.8 Å². The second kappa shape index (κ2) is 6.36. The second-order valence-corrected chi connectivity index (χ2v) is 7.37. The maximum absolute atomic E-state index is 13.0. The van der Waals surface area contributed by atoms with Crippen molar-refractivity contribution in [3.63, 3.8) is 0 Å². The highest BCUT2D eigenvalue weighted by atomic mass is 31.2. The van der Waals surface area contributed by atoms with Crippen LogP contribution in [0.1, 0.15) is 21.5 Å². The molecule has 0 heterocycles. The number of ketones is 1. The summed E-state index contributed by atoms with van der Waals surface area (Å²) in [5, 5.41) is 0.0574. The molecular formula is C18H17O5P. The van der Waals surface area contributed by atoms with E-state index in [1.807, 2.05) is 30.3 Å². The molecule has 0 N–H and O–H groups in total. The zero-order chi connectivity index (χ0) is 17.3. The molecule has 1 aliphatic rings. The third-order valence-corrected chi connectivity index (χ3v) is 5.95. The summed E-state index contributed by atoms with van der Waals surface area (Å²) < 4.78 is 28.5. The first-order chi connectivity index (χ1) is 11.6. The largest absolute Gasteiger partial charge is 0.497 e. The zero-order valence-corrected chi connectivity index (χ0v) is 14.5. The van der Waals surface area contributed by atoms with Gasteiger partial charge in [-0.05, 0) is 29.3 Å². The van der Waals surface area contributed by atoms with Gasteiger partial charge in [-0.15, -0.1) is 0 Å². The zero-order valence-electron chi connectivity index (χ0n) is 13.6. The molecule has 1 aliphatic carbocycles. The van der Waals surface area contributed by atoms with Gasteiger partial charge in [0, 0.05) is 25.4 Å². The summed E-state index contributed by atoms with van der Waals surface area (Å²) in [5.41, 5.74) is 2.44. The Kier molecular flexibility index (Phi) is 4.41. The SMILES string of the molecule is COc1ccc2c(c1)C(c1ccccc1)=C(P(=O)(OC)OC)C2=O. The van der Waals surface area contributed by atoms with Crippen molar-refractivity contribution in [1.29, 1.82) is 0 Å². The number of benzene rings is 2. The van der Waals surface area contributed by atoms with Crippen molar-refractivity contribution < 1.29 is 23.1 Å². The lowest BCUT2D eigenvalue weighted by molar-refractivity contribution is 0.104. The number of hydrogen-bond acceptors (Lipinski definition) is 5. The molecule has 0 saturated carbocycles. The lowest BCUT2D eigenvalue weighted by Crippen LogP contribution is -2.03. The molecule has 124 valence electrons. The first-order valence-electron chi connectivity index (χ1n) is 7.30. The number of ether oxygens (including phenoxy) is 1. The minimum absolute atomic E-state index is 0.0574. The molecule has 0 amide bonds. The van der Waals surface area contributed by atoms with E-state index in [-0.39, 0.29) is 11.1 Å². The van der Waals surface area contributed by atoms with Crippen molar-refractivity contribution in [2.45, 2.75) is 0 Å². The molecule has 0 bridgehead atoms. The number of allylic oxidation sites excluding steroid dienone is 1. The fraction of sp³-hybridized carbons (Fsp3) is 0.167. The highest BCUT2D eigenvalue weighted by molar-refractivity contribution is 7.60. The molecule has 2 aromatic carbocycles. The fourth-order valence-corrected chi connectivity index (χ4v) is 4.25. The Labute approximate surface area is 140 Å². The van der Waals surface area contributed by atoms with Crippen LogP contribution >= 0.6 is 7.60 Å². The van der Waals surface area contributed by atoms with Gasteiger partial charge in [0.15, 0.2) is 0 Å². The summed E-state index contributed by atoms with van der Waals surface area (Å²) in [4.78, 5) is 12.9. The molecule has 0 atom stereocenters. The lowest BCUT2D eigenvalue weighted by Gasteiger charge is -2.16. The van der Waals surface area contributed by atoms with Crippen LogP contribution in [0.4, 0.5) is 0 Å². The molecule has 2 aromatic rings. The fourth-order valence-electron chi connectivity index (χ4n) is 2.84. The number of Topliss-reactive ketones (excluding diaryl/α,β-unsaturated/α-hetero) is 1. The van der Waals surface area contributed by atoms with E-state index in [2.05, 4.69) is 0 Å². The first kappa shape index (κ1) is 16.7. The minimum Gasteiger partial charge on any atom is -0.497 e. The molecule has 0 radical (unpaired) electrons. The monoisotopic (exact) mass is 344 g/mol. The van der Waals surface area contributed by atoms with Crippen molar-refractivity contribution in [2.24, 2.45) is 0 Å². The van der Waals surface area contributed by atoms with Crippen LogP contribution in [-0.4, -0.2) is 27.1 Å². The Bertz CT molecular complexity index is 862. The van der Waals surface area contributed by atoms with E-state index in [0.717, 1.165) is 5.56 Å². The van der Waals surface area contributed by atoms with Crippen LogP contribution in [0.25, 0.3) is 5.57 Å². The van der Waals surface area contributed by atoms with E-state index in [1.165, 1.54) is 14.2 Å². The molecule has 0 unspecified atom stereocenters. The van der Waals surface area contributed by atoms with Gasteiger partial charge in [0.25, 0.3) is 0 Å². The van der Waals surface area contributed by atoms with Crippen molar-refractivity contribution in [2.75, 3.05) is 21.3 Å². The molecule has 5 nitrogen and oxygen atoms in total. The number of rotatable bonds is 5. The Hall–Kier alpha value is -2.20. The number of carbonyl (C=O) groups excluding carboxylic acids is 1. The summed E-state index contributed by atoms with van der Waals surface area (Å²) in [6, 6.07) is 14.4. The maximum Gasteiger partial charge on any atom is 0.365 e. The van der Waals surface area contributed by atoms with Crippen LogP contribution in [0.15, 0.2) is 53.8 Å². The number of fused-ring (bicyclic) bond motifs is 1. The van der Waals surface area contributed by atoms with E-state index in [0.29, 0.717) is 22.4 Å². The lowest BCUT2D eigenvalue weighted by atomic mass is 9.99. The van der Waals surface area contributed by atoms with Gasteiger partial charge in [-0.25, -0.2) is 0 Å². The normalized spacial score (nSPS) is 14.0. The summed E-state index contributed by atoms with van der Waals surface area (Å²) in [7, 11) is 0.382. The quantitative estimate of drug-likeness (QED) is 0.763. The molecule has 3 rings (SSSR count). The number of carbonyl (C=O) groups is 1. The summed E-state index contributed by atoms with van der Waals surface area (Å²) >= 11 is 0. The average molecular weight is 344 g/mol. The van der Waals surface area contributed by atoms with Gasteiger partial charge in [-0.1, -0.05) is 30.3 Å². The van der Waals surface area contributed by atoms with Gasteiger partial charge in [-0.2, -0.15) is 0 Å². The van der Waals surface area contributed by atoms with Crippen molar-refractivity contribution in [1.82, 2.24) is 0 Å². The molecule has 24 heavy (non-hydrogen) atoms. The van der Waals surface area contributed by atoms with E-state index in [1.54, 1.807) is 25.3 Å². The predicted molar refractivity (Wildman–Crippen MR) is 91.4 cm³/mol. The standard InChI is InChI=1S/C18H17O5P/c1-21-13-9-10-14-15(11-13)16(12-7-5-4-6-8-12)18(17(14)19)24(20,22-2)23-3/h4-11H,1-3H3. The minimum atomic E-state index is -3.72. The van der Waals surface area contributed by atoms with Gasteiger partial charge >= 0.3 is 7.60 Å². The Morgan fingerprint density at radius 3 is 2.12 bits per heavy atom. The average Bonchev–Trinajstić information content (AvgIpc) is 2.94. The highest BCUT2D eigenvalue weighted by Crippen LogP contribution is 2.61. The van der Waals surface area contributed by atoms with Crippen LogP contribution < -0.4 is 4.74 Å². The van der Waals surface area contributed by atoms with Gasteiger partial charge in [-0.3, -0.25) is 9.36 Å². The molecule has 0 fully saturated rings. The molecule has 0 aromatic heterocycles. The van der Waals surface area contributed by atoms with E-state index in [4.69, 9.17) is 13.8 Å². The van der Waals surface area contributed by atoms with Crippen molar-refractivity contribution in [3.05, 3.63) is 70.5 Å².